The number of hydrogen-bond acceptors (Lipinski definition) is 11. The largest absolute Gasteiger partial charge is 0.462 e. The molecule has 4 rings (SSSR count). The number of benzene rings is 1. The fourth-order valence-electron chi connectivity index (χ4n) is 4.74. The number of thiazole rings is 1. The van der Waals surface area contributed by atoms with Gasteiger partial charge >= 0.3 is 24.1 Å². The Balaban J connectivity index is 1.90. The predicted molar refractivity (Wildman–Crippen MR) is 170 cm³/mol. The van der Waals surface area contributed by atoms with Crippen LogP contribution in [0.4, 0.5) is 23.8 Å². The Hall–Kier alpha value is -4.87. The number of alkyl halides is 3. The first-order chi connectivity index (χ1) is 22.9. The van der Waals surface area contributed by atoms with Crippen LogP contribution in [-0.4, -0.2) is 79.7 Å². The number of aromatic nitrogens is 3. The van der Waals surface area contributed by atoms with Crippen LogP contribution < -0.4 is 16.1 Å². The van der Waals surface area contributed by atoms with E-state index in [2.05, 4.69) is 20.6 Å². The second kappa shape index (κ2) is 15.8. The smallest absolute Gasteiger partial charge is 0.434 e. The van der Waals surface area contributed by atoms with E-state index < -0.39 is 41.3 Å². The second-order valence-corrected chi connectivity index (χ2v) is 11.0. The van der Waals surface area contributed by atoms with Gasteiger partial charge in [0.2, 0.25) is 5.43 Å². The lowest BCUT2D eigenvalue weighted by molar-refractivity contribution is -0.142. The van der Waals surface area contributed by atoms with Crippen molar-refractivity contribution < 1.29 is 46.5 Å². The van der Waals surface area contributed by atoms with Gasteiger partial charge in [-0.05, 0) is 30.7 Å². The molecule has 0 fully saturated rings. The van der Waals surface area contributed by atoms with Gasteiger partial charge in [-0.2, -0.15) is 13.2 Å². The van der Waals surface area contributed by atoms with Crippen LogP contribution in [-0.2, 0) is 29.9 Å². The fraction of sp³-hybridized carbons (Fsp3) is 0.355. The van der Waals surface area contributed by atoms with Crippen LogP contribution >= 0.6 is 11.3 Å². The third kappa shape index (κ3) is 8.53. The number of nitrogens with zero attached hydrogens (tertiary/aromatic N) is 3. The zero-order valence-corrected chi connectivity index (χ0v) is 27.1. The number of carbonyl (C=O) groups excluding carboxylic acids is 3. The van der Waals surface area contributed by atoms with Crippen molar-refractivity contribution in [2.24, 2.45) is 0 Å². The van der Waals surface area contributed by atoms with Gasteiger partial charge in [-0.1, -0.05) is 6.07 Å². The van der Waals surface area contributed by atoms with Crippen molar-refractivity contribution in [3.63, 3.8) is 0 Å². The Morgan fingerprint density at radius 3 is 2.38 bits per heavy atom. The quantitative estimate of drug-likeness (QED) is 0.146. The first kappa shape index (κ1) is 36.0. The summed E-state index contributed by atoms with van der Waals surface area (Å²) in [6.07, 6.45) is -2.01. The molecular formula is C31H32F3N5O8S. The van der Waals surface area contributed by atoms with Crippen LogP contribution in [0.25, 0.3) is 32.6 Å². The Kier molecular flexibility index (Phi) is 11.9. The van der Waals surface area contributed by atoms with E-state index in [4.69, 9.17) is 18.9 Å². The molecule has 0 saturated carbocycles. The van der Waals surface area contributed by atoms with Gasteiger partial charge in [-0.3, -0.25) is 14.9 Å². The van der Waals surface area contributed by atoms with Crippen LogP contribution in [0.1, 0.15) is 35.9 Å². The number of esters is 2. The molecule has 0 atom stereocenters. The molecule has 0 saturated heterocycles. The lowest BCUT2D eigenvalue weighted by atomic mass is 9.99. The number of hydrogen-bond donors (Lipinski definition) is 2. The van der Waals surface area contributed by atoms with E-state index in [9.17, 15) is 32.3 Å². The van der Waals surface area contributed by atoms with E-state index >= 15 is 0 Å². The number of ether oxygens (including phenoxy) is 4. The van der Waals surface area contributed by atoms with Gasteiger partial charge in [-0.25, -0.2) is 19.6 Å². The van der Waals surface area contributed by atoms with Crippen LogP contribution in [0, 0.1) is 0 Å². The van der Waals surface area contributed by atoms with Crippen LogP contribution in [0.5, 0.6) is 0 Å². The molecule has 0 aliphatic rings. The Bertz CT molecular complexity index is 1850. The summed E-state index contributed by atoms with van der Waals surface area (Å²) in [6.45, 7) is 3.02. The number of methoxy groups -OCH3 is 2. The number of nitrogens with one attached hydrogen (secondary N) is 2. The SMILES string of the molecule is CCNC(=O)Nc1cc(-c2nc(C(F)(F)F)cs2)c(-c2ccc3c(c2)c(=O)c(C(=O)OCCOC(C)=O)cn3C(COC)COC)cn1. The van der Waals surface area contributed by atoms with Gasteiger partial charge in [0.1, 0.15) is 29.6 Å². The average Bonchev–Trinajstić information content (AvgIpc) is 3.55. The molecule has 4 aromatic rings. The maximum atomic E-state index is 13.8. The summed E-state index contributed by atoms with van der Waals surface area (Å²) in [5.74, 6) is -1.48. The maximum absolute atomic E-state index is 13.8. The number of halogens is 3. The molecular weight excluding hydrogens is 659 g/mol. The maximum Gasteiger partial charge on any atom is 0.434 e. The highest BCUT2D eigenvalue weighted by Crippen LogP contribution is 2.39. The first-order valence-corrected chi connectivity index (χ1v) is 15.3. The second-order valence-electron chi connectivity index (χ2n) is 10.2. The minimum atomic E-state index is -4.69. The molecule has 0 radical (unpaired) electrons. The molecule has 3 heterocycles. The van der Waals surface area contributed by atoms with Gasteiger partial charge < -0.3 is 28.8 Å². The Morgan fingerprint density at radius 2 is 1.75 bits per heavy atom. The number of fused-ring (bicyclic) bond motifs is 1. The average molecular weight is 692 g/mol. The first-order valence-electron chi connectivity index (χ1n) is 14.4. The minimum absolute atomic E-state index is 0.0125. The summed E-state index contributed by atoms with van der Waals surface area (Å²) in [4.78, 5) is 58.2. The third-order valence-corrected chi connectivity index (χ3v) is 7.68. The summed E-state index contributed by atoms with van der Waals surface area (Å²) in [7, 11) is 2.97. The zero-order chi connectivity index (χ0) is 35.0. The van der Waals surface area contributed by atoms with Gasteiger partial charge in [0.15, 0.2) is 5.69 Å². The molecule has 0 aliphatic heterocycles. The number of amides is 2. The zero-order valence-electron chi connectivity index (χ0n) is 26.3. The lowest BCUT2D eigenvalue weighted by Crippen LogP contribution is -2.28. The summed E-state index contributed by atoms with van der Waals surface area (Å²) in [6, 6.07) is 5.07. The number of anilines is 1. The molecule has 0 spiro atoms. The molecule has 0 bridgehead atoms. The van der Waals surface area contributed by atoms with Crippen molar-refractivity contribution in [3.8, 4) is 21.7 Å². The fourth-order valence-corrected chi connectivity index (χ4v) is 5.60. The number of urea groups is 1. The molecule has 0 unspecified atom stereocenters. The van der Waals surface area contributed by atoms with E-state index in [1.807, 2.05) is 0 Å². The molecule has 3 aromatic heterocycles. The molecule has 0 aliphatic carbocycles. The minimum Gasteiger partial charge on any atom is -0.462 e. The molecule has 13 nitrogen and oxygen atoms in total. The summed E-state index contributed by atoms with van der Waals surface area (Å²) >= 11 is 0.744. The lowest BCUT2D eigenvalue weighted by Gasteiger charge is -2.23. The topological polar surface area (TPSA) is 160 Å². The van der Waals surface area contributed by atoms with Crippen molar-refractivity contribution in [2.45, 2.75) is 26.1 Å². The highest BCUT2D eigenvalue weighted by Gasteiger charge is 2.34. The highest BCUT2D eigenvalue weighted by molar-refractivity contribution is 7.13. The molecule has 48 heavy (non-hydrogen) atoms. The highest BCUT2D eigenvalue weighted by atomic mass is 32.1. The van der Waals surface area contributed by atoms with E-state index in [0.717, 1.165) is 16.7 Å². The van der Waals surface area contributed by atoms with Gasteiger partial charge in [0.25, 0.3) is 0 Å². The summed E-state index contributed by atoms with van der Waals surface area (Å²) in [5.41, 5.74) is -0.846. The van der Waals surface area contributed by atoms with Crippen molar-refractivity contribution in [1.29, 1.82) is 0 Å². The standard InChI is InChI=1S/C31H32F3N5O8S/c1-5-35-30(43)38-26-11-20(28-37-25(16-48-28)31(32,33)34)22(12-36-26)18-6-7-24-21(10-18)27(41)23(29(42)47-9-8-46-17(2)40)13-39(24)19(14-44-3)15-45-4/h6-7,10-13,16,19H,5,8-9,14-15H2,1-4H3,(H2,35,36,38,43). The van der Waals surface area contributed by atoms with Crippen LogP contribution in [0.15, 0.2) is 46.8 Å². The third-order valence-electron chi connectivity index (χ3n) is 6.80. The predicted octanol–water partition coefficient (Wildman–Crippen LogP) is 4.90. The van der Waals surface area contributed by atoms with Crippen molar-refractivity contribution in [2.75, 3.05) is 52.5 Å². The van der Waals surface area contributed by atoms with E-state index in [0.29, 0.717) is 23.2 Å². The molecule has 2 N–H and O–H groups in total. The summed E-state index contributed by atoms with van der Waals surface area (Å²) in [5, 5.41) is 6.02. The van der Waals surface area contributed by atoms with Crippen molar-refractivity contribution in [1.82, 2.24) is 19.9 Å². The van der Waals surface area contributed by atoms with Crippen molar-refractivity contribution in [3.05, 3.63) is 63.5 Å². The molecule has 17 heteroatoms. The molecule has 256 valence electrons. The number of pyridine rings is 2. The van der Waals surface area contributed by atoms with E-state index in [1.165, 1.54) is 45.7 Å². The number of rotatable bonds is 13. The van der Waals surface area contributed by atoms with Crippen LogP contribution in [0.2, 0.25) is 0 Å². The Morgan fingerprint density at radius 1 is 1.04 bits per heavy atom. The monoisotopic (exact) mass is 691 g/mol. The molecule has 2 amide bonds. The van der Waals surface area contributed by atoms with Gasteiger partial charge in [0, 0.05) is 62.0 Å². The number of carbonyl (C=O) groups is 3. The van der Waals surface area contributed by atoms with Gasteiger partial charge in [0.05, 0.1) is 24.8 Å². The normalized spacial score (nSPS) is 11.5. The van der Waals surface area contributed by atoms with E-state index in [1.54, 1.807) is 23.6 Å². The molecule has 1 aromatic carbocycles. The van der Waals surface area contributed by atoms with Crippen molar-refractivity contribution >= 4 is 46.0 Å². The van der Waals surface area contributed by atoms with Crippen LogP contribution in [0.3, 0.4) is 0 Å². The van der Waals surface area contributed by atoms with Gasteiger partial charge in [-0.15, -0.1) is 11.3 Å². The summed E-state index contributed by atoms with van der Waals surface area (Å²) < 4.78 is 62.9. The Labute approximate surface area is 276 Å². The van der Waals surface area contributed by atoms with E-state index in [-0.39, 0.29) is 53.8 Å².